The lowest BCUT2D eigenvalue weighted by Gasteiger charge is -2.35. The van der Waals surface area contributed by atoms with Crippen LogP contribution in [0.1, 0.15) is 38.2 Å². The van der Waals surface area contributed by atoms with Crippen molar-refractivity contribution in [3.8, 4) is 0 Å². The van der Waals surface area contributed by atoms with Gasteiger partial charge in [0.15, 0.2) is 0 Å². The molecule has 2 aliphatic rings. The summed E-state index contributed by atoms with van der Waals surface area (Å²) in [6.07, 6.45) is 4.04. The van der Waals surface area contributed by atoms with Gasteiger partial charge in [0.2, 0.25) is 11.8 Å². The molecule has 5 heteroatoms. The zero-order valence-electron chi connectivity index (χ0n) is 15.8. The van der Waals surface area contributed by atoms with Gasteiger partial charge in [0.05, 0.1) is 11.8 Å². The topological polar surface area (TPSA) is 52.7 Å². The van der Waals surface area contributed by atoms with E-state index in [-0.39, 0.29) is 23.7 Å². The fourth-order valence-electron chi connectivity index (χ4n) is 3.68. The summed E-state index contributed by atoms with van der Waals surface area (Å²) in [5, 5.41) is 2.98. The molecule has 1 heterocycles. The fourth-order valence-corrected chi connectivity index (χ4v) is 3.68. The van der Waals surface area contributed by atoms with Crippen molar-refractivity contribution >= 4 is 11.8 Å². The summed E-state index contributed by atoms with van der Waals surface area (Å²) >= 11 is 0. The Morgan fingerprint density at radius 1 is 1.04 bits per heavy atom. The highest BCUT2D eigenvalue weighted by atomic mass is 16.2. The SMILES string of the molecule is CCCCCNC(=O)C1CC1C(=O)N1CCN(Cc2ccccc2)CC1. The molecule has 2 fully saturated rings. The monoisotopic (exact) mass is 357 g/mol. The van der Waals surface area contributed by atoms with Crippen LogP contribution in [0.4, 0.5) is 0 Å². The third-order valence-corrected chi connectivity index (χ3v) is 5.46. The average Bonchev–Trinajstić information content (AvgIpc) is 3.47. The number of amides is 2. The lowest BCUT2D eigenvalue weighted by Crippen LogP contribution is -2.49. The van der Waals surface area contributed by atoms with Crippen molar-refractivity contribution in [2.75, 3.05) is 32.7 Å². The number of nitrogens with zero attached hydrogens (tertiary/aromatic N) is 2. The normalized spacial score (nSPS) is 22.9. The standard InChI is InChI=1S/C21H31N3O2/c1-2-3-7-10-22-20(25)18-15-19(18)21(26)24-13-11-23(12-14-24)16-17-8-5-4-6-9-17/h4-6,8-9,18-19H,2-3,7,10-16H2,1H3,(H,22,25). The lowest BCUT2D eigenvalue weighted by atomic mass is 10.2. The van der Waals surface area contributed by atoms with Crippen LogP contribution >= 0.6 is 0 Å². The second-order valence-electron chi connectivity index (χ2n) is 7.53. The number of carbonyl (C=O) groups excluding carboxylic acids is 2. The maximum Gasteiger partial charge on any atom is 0.226 e. The van der Waals surface area contributed by atoms with Crippen molar-refractivity contribution in [3.63, 3.8) is 0 Å². The number of nitrogens with one attached hydrogen (secondary N) is 1. The minimum absolute atomic E-state index is 0.0715. The summed E-state index contributed by atoms with van der Waals surface area (Å²) in [5.74, 6) is 0.0774. The van der Waals surface area contributed by atoms with Gasteiger partial charge >= 0.3 is 0 Å². The zero-order valence-corrected chi connectivity index (χ0v) is 15.8. The molecule has 2 atom stereocenters. The third-order valence-electron chi connectivity index (χ3n) is 5.46. The first-order valence-electron chi connectivity index (χ1n) is 10.0. The molecule has 0 bridgehead atoms. The van der Waals surface area contributed by atoms with E-state index >= 15 is 0 Å². The van der Waals surface area contributed by atoms with E-state index in [1.165, 1.54) is 5.56 Å². The molecule has 0 aromatic heterocycles. The summed E-state index contributed by atoms with van der Waals surface area (Å²) in [6, 6.07) is 10.5. The molecule has 1 saturated heterocycles. The highest BCUT2D eigenvalue weighted by Gasteiger charge is 2.49. The molecular formula is C21H31N3O2. The Morgan fingerprint density at radius 2 is 1.77 bits per heavy atom. The molecule has 1 aromatic rings. The van der Waals surface area contributed by atoms with E-state index in [0.29, 0.717) is 0 Å². The van der Waals surface area contributed by atoms with Crippen molar-refractivity contribution in [1.82, 2.24) is 15.1 Å². The van der Waals surface area contributed by atoms with Crippen LogP contribution in [0.25, 0.3) is 0 Å². The maximum atomic E-state index is 12.6. The van der Waals surface area contributed by atoms with Crippen LogP contribution in [0.15, 0.2) is 30.3 Å². The number of benzene rings is 1. The molecule has 1 N–H and O–H groups in total. The Balaban J connectivity index is 1.37. The Kier molecular flexibility index (Phi) is 6.67. The van der Waals surface area contributed by atoms with Crippen molar-refractivity contribution in [2.24, 2.45) is 11.8 Å². The van der Waals surface area contributed by atoms with Gasteiger partial charge in [-0.2, -0.15) is 0 Å². The van der Waals surface area contributed by atoms with Gasteiger partial charge in [0, 0.05) is 39.3 Å². The molecule has 3 rings (SSSR count). The van der Waals surface area contributed by atoms with E-state index in [0.717, 1.165) is 65.0 Å². The molecular weight excluding hydrogens is 326 g/mol. The largest absolute Gasteiger partial charge is 0.356 e. The highest BCUT2D eigenvalue weighted by Crippen LogP contribution is 2.40. The van der Waals surface area contributed by atoms with Gasteiger partial charge in [-0.05, 0) is 18.4 Å². The molecule has 2 unspecified atom stereocenters. The first kappa shape index (κ1) is 18.9. The number of hydrogen-bond acceptors (Lipinski definition) is 3. The van der Waals surface area contributed by atoms with Crippen LogP contribution in [0.5, 0.6) is 0 Å². The van der Waals surface area contributed by atoms with Crippen LogP contribution in [0.3, 0.4) is 0 Å². The quantitative estimate of drug-likeness (QED) is 0.726. The van der Waals surface area contributed by atoms with Gasteiger partial charge in [-0.25, -0.2) is 0 Å². The molecule has 5 nitrogen and oxygen atoms in total. The van der Waals surface area contributed by atoms with E-state index in [1.54, 1.807) is 0 Å². The van der Waals surface area contributed by atoms with E-state index in [9.17, 15) is 9.59 Å². The number of unbranched alkanes of at least 4 members (excludes halogenated alkanes) is 2. The Hall–Kier alpha value is -1.88. The fraction of sp³-hybridized carbons (Fsp3) is 0.619. The van der Waals surface area contributed by atoms with Gasteiger partial charge in [-0.1, -0.05) is 50.1 Å². The minimum Gasteiger partial charge on any atom is -0.356 e. The molecule has 0 radical (unpaired) electrons. The van der Waals surface area contributed by atoms with Crippen molar-refractivity contribution in [3.05, 3.63) is 35.9 Å². The van der Waals surface area contributed by atoms with Crippen LogP contribution in [-0.2, 0) is 16.1 Å². The number of hydrogen-bond donors (Lipinski definition) is 1. The molecule has 1 aliphatic heterocycles. The van der Waals surface area contributed by atoms with E-state index in [2.05, 4.69) is 41.4 Å². The Morgan fingerprint density at radius 3 is 2.46 bits per heavy atom. The Bertz CT molecular complexity index is 597. The molecule has 1 aromatic carbocycles. The molecule has 26 heavy (non-hydrogen) atoms. The summed E-state index contributed by atoms with van der Waals surface area (Å²) in [5.41, 5.74) is 1.31. The molecule has 142 valence electrons. The average molecular weight is 357 g/mol. The number of rotatable bonds is 8. The van der Waals surface area contributed by atoms with E-state index < -0.39 is 0 Å². The zero-order chi connectivity index (χ0) is 18.4. The highest BCUT2D eigenvalue weighted by molar-refractivity contribution is 5.92. The predicted octanol–water partition coefficient (Wildman–Crippen LogP) is 2.27. The molecule has 2 amide bonds. The van der Waals surface area contributed by atoms with Gasteiger partial charge < -0.3 is 10.2 Å². The Labute approximate surface area is 156 Å². The van der Waals surface area contributed by atoms with E-state index in [1.807, 2.05) is 11.0 Å². The summed E-state index contributed by atoms with van der Waals surface area (Å²) in [6.45, 7) is 7.18. The first-order chi connectivity index (χ1) is 12.7. The summed E-state index contributed by atoms with van der Waals surface area (Å²) < 4.78 is 0. The van der Waals surface area contributed by atoms with Crippen molar-refractivity contribution in [2.45, 2.75) is 39.2 Å². The predicted molar refractivity (Wildman–Crippen MR) is 102 cm³/mol. The molecule has 0 spiro atoms. The lowest BCUT2D eigenvalue weighted by molar-refractivity contribution is -0.136. The minimum atomic E-state index is -0.0912. The van der Waals surface area contributed by atoms with Crippen LogP contribution in [-0.4, -0.2) is 54.3 Å². The van der Waals surface area contributed by atoms with Crippen molar-refractivity contribution in [1.29, 1.82) is 0 Å². The first-order valence-corrected chi connectivity index (χ1v) is 10.0. The molecule has 1 aliphatic carbocycles. The number of piperazine rings is 1. The van der Waals surface area contributed by atoms with Crippen LogP contribution in [0, 0.1) is 11.8 Å². The van der Waals surface area contributed by atoms with Crippen molar-refractivity contribution < 1.29 is 9.59 Å². The summed E-state index contributed by atoms with van der Waals surface area (Å²) in [4.78, 5) is 29.1. The van der Waals surface area contributed by atoms with Gasteiger partial charge in [0.25, 0.3) is 0 Å². The number of carbonyl (C=O) groups is 2. The third kappa shape index (κ3) is 5.07. The second kappa shape index (κ2) is 9.17. The summed E-state index contributed by atoms with van der Waals surface area (Å²) in [7, 11) is 0. The maximum absolute atomic E-state index is 12.6. The van der Waals surface area contributed by atoms with E-state index in [4.69, 9.17) is 0 Å². The second-order valence-corrected chi connectivity index (χ2v) is 7.53. The van der Waals surface area contributed by atoms with Gasteiger partial charge in [-0.3, -0.25) is 14.5 Å². The van der Waals surface area contributed by atoms with Gasteiger partial charge in [-0.15, -0.1) is 0 Å². The van der Waals surface area contributed by atoms with Gasteiger partial charge in [0.1, 0.15) is 0 Å². The molecule has 1 saturated carbocycles. The smallest absolute Gasteiger partial charge is 0.226 e. The van der Waals surface area contributed by atoms with Crippen LogP contribution in [0.2, 0.25) is 0 Å². The van der Waals surface area contributed by atoms with Crippen LogP contribution < -0.4 is 5.32 Å².